The third-order valence-corrected chi connectivity index (χ3v) is 3.35. The Morgan fingerprint density at radius 3 is 2.25 bits per heavy atom. The summed E-state index contributed by atoms with van der Waals surface area (Å²) in [6.45, 7) is 0. The monoisotopic (exact) mass is 250 g/mol. The first-order valence-electron chi connectivity index (χ1n) is 5.40. The van der Waals surface area contributed by atoms with E-state index in [1.165, 1.54) is 7.11 Å². The summed E-state index contributed by atoms with van der Waals surface area (Å²) in [6, 6.07) is 0. The Labute approximate surface area is 96.2 Å². The van der Waals surface area contributed by atoms with Crippen LogP contribution in [0.25, 0.3) is 0 Å². The third kappa shape index (κ3) is 4.09. The van der Waals surface area contributed by atoms with E-state index in [1.807, 2.05) is 0 Å². The van der Waals surface area contributed by atoms with Crippen LogP contribution in [0.4, 0.5) is 0 Å². The average molecular weight is 250 g/mol. The molecule has 1 aliphatic carbocycles. The number of hydrogen-bond acceptors (Lipinski definition) is 5. The van der Waals surface area contributed by atoms with Crippen molar-refractivity contribution in [1.29, 1.82) is 0 Å². The summed E-state index contributed by atoms with van der Waals surface area (Å²) in [5.41, 5.74) is 0. The maximum Gasteiger partial charge on any atom is 0.336 e. The van der Waals surface area contributed by atoms with E-state index in [2.05, 4.69) is 4.74 Å². The minimum Gasteiger partial charge on any atom is -0.467 e. The van der Waals surface area contributed by atoms with Gasteiger partial charge < -0.3 is 4.74 Å². The third-order valence-electron chi connectivity index (χ3n) is 2.79. The molecule has 1 rings (SSSR count). The fraction of sp³-hybridized carbons (Fsp3) is 0.900. The number of methoxy groups -OCH3 is 1. The molecule has 0 N–H and O–H groups in total. The second-order valence-corrected chi connectivity index (χ2v) is 5.74. The lowest BCUT2D eigenvalue weighted by molar-refractivity contribution is -0.151. The van der Waals surface area contributed by atoms with Crippen molar-refractivity contribution < 1.29 is 22.1 Å². The Morgan fingerprint density at radius 2 is 1.81 bits per heavy atom. The van der Waals surface area contributed by atoms with E-state index in [1.54, 1.807) is 0 Å². The van der Waals surface area contributed by atoms with Crippen molar-refractivity contribution in [1.82, 2.24) is 0 Å². The van der Waals surface area contributed by atoms with Crippen LogP contribution >= 0.6 is 0 Å². The summed E-state index contributed by atoms with van der Waals surface area (Å²) in [6.07, 6.45) is 4.75. The highest BCUT2D eigenvalue weighted by atomic mass is 32.2. The smallest absolute Gasteiger partial charge is 0.336 e. The van der Waals surface area contributed by atoms with Gasteiger partial charge in [-0.2, -0.15) is 8.42 Å². The molecule has 1 unspecified atom stereocenters. The summed E-state index contributed by atoms with van der Waals surface area (Å²) in [5, 5.41) is 0. The summed E-state index contributed by atoms with van der Waals surface area (Å²) < 4.78 is 31.6. The SMILES string of the molecule is COC(=O)C(OS(C)(=O)=O)C1CCCCC1. The number of rotatable bonds is 4. The van der Waals surface area contributed by atoms with Gasteiger partial charge >= 0.3 is 5.97 Å². The summed E-state index contributed by atoms with van der Waals surface area (Å²) in [7, 11) is -2.39. The molecular formula is C10H18O5S. The molecule has 0 amide bonds. The van der Waals surface area contributed by atoms with Gasteiger partial charge in [-0.3, -0.25) is 4.18 Å². The Hall–Kier alpha value is -0.620. The first kappa shape index (κ1) is 13.4. The van der Waals surface area contributed by atoms with Gasteiger partial charge in [0.1, 0.15) is 0 Å². The van der Waals surface area contributed by atoms with E-state index in [9.17, 15) is 13.2 Å². The molecule has 1 saturated carbocycles. The van der Waals surface area contributed by atoms with Crippen LogP contribution < -0.4 is 0 Å². The standard InChI is InChI=1S/C10H18O5S/c1-14-10(11)9(15-16(2,12)13)8-6-4-3-5-7-8/h8-9H,3-7H2,1-2H3. The first-order chi connectivity index (χ1) is 7.44. The molecule has 16 heavy (non-hydrogen) atoms. The van der Waals surface area contributed by atoms with Crippen LogP contribution in [-0.4, -0.2) is 33.9 Å². The molecule has 6 heteroatoms. The molecule has 1 atom stereocenters. The lowest BCUT2D eigenvalue weighted by Gasteiger charge is -2.27. The van der Waals surface area contributed by atoms with E-state index in [0.29, 0.717) is 0 Å². The Kier molecular flexibility index (Phi) is 4.73. The molecule has 0 aliphatic heterocycles. The molecule has 0 saturated heterocycles. The van der Waals surface area contributed by atoms with Crippen molar-refractivity contribution in [2.45, 2.75) is 38.2 Å². The molecule has 5 nitrogen and oxygen atoms in total. The van der Waals surface area contributed by atoms with E-state index in [4.69, 9.17) is 4.18 Å². The number of carbonyl (C=O) groups excluding carboxylic acids is 1. The molecule has 1 fully saturated rings. The first-order valence-corrected chi connectivity index (χ1v) is 7.22. The van der Waals surface area contributed by atoms with Gasteiger partial charge in [0.05, 0.1) is 13.4 Å². The number of esters is 1. The van der Waals surface area contributed by atoms with Crippen LogP contribution in [0.15, 0.2) is 0 Å². The van der Waals surface area contributed by atoms with Crippen molar-refractivity contribution in [3.63, 3.8) is 0 Å². The van der Waals surface area contributed by atoms with E-state index in [0.717, 1.165) is 38.4 Å². The molecule has 94 valence electrons. The molecule has 0 spiro atoms. The normalized spacial score (nSPS) is 20.4. The molecule has 0 aromatic heterocycles. The Bertz CT molecular complexity index is 329. The lowest BCUT2D eigenvalue weighted by Crippen LogP contribution is -2.36. The minimum absolute atomic E-state index is 0.0454. The van der Waals surface area contributed by atoms with E-state index in [-0.39, 0.29) is 5.92 Å². The number of carbonyl (C=O) groups is 1. The van der Waals surface area contributed by atoms with Crippen molar-refractivity contribution >= 4 is 16.1 Å². The minimum atomic E-state index is -3.63. The topological polar surface area (TPSA) is 69.7 Å². The van der Waals surface area contributed by atoms with E-state index >= 15 is 0 Å². The molecule has 0 radical (unpaired) electrons. The van der Waals surface area contributed by atoms with Crippen molar-refractivity contribution in [3.05, 3.63) is 0 Å². The van der Waals surface area contributed by atoms with Crippen LogP contribution in [0.2, 0.25) is 0 Å². The van der Waals surface area contributed by atoms with Crippen molar-refractivity contribution in [2.24, 2.45) is 5.92 Å². The molecule has 0 aromatic rings. The zero-order valence-corrected chi connectivity index (χ0v) is 10.5. The van der Waals surface area contributed by atoms with Crippen LogP contribution in [0.1, 0.15) is 32.1 Å². The average Bonchev–Trinajstić information content (AvgIpc) is 2.25. The van der Waals surface area contributed by atoms with Gasteiger partial charge in [0.15, 0.2) is 6.10 Å². The van der Waals surface area contributed by atoms with Gasteiger partial charge in [-0.05, 0) is 18.8 Å². The maximum absolute atomic E-state index is 11.5. The van der Waals surface area contributed by atoms with Gasteiger partial charge in [0, 0.05) is 0 Å². The summed E-state index contributed by atoms with van der Waals surface area (Å²) in [4.78, 5) is 11.5. The largest absolute Gasteiger partial charge is 0.467 e. The number of hydrogen-bond donors (Lipinski definition) is 0. The fourth-order valence-electron chi connectivity index (χ4n) is 2.05. The summed E-state index contributed by atoms with van der Waals surface area (Å²) >= 11 is 0. The second-order valence-electron chi connectivity index (χ2n) is 4.14. The second kappa shape index (κ2) is 5.63. The van der Waals surface area contributed by atoms with Gasteiger partial charge in [0.2, 0.25) is 0 Å². The van der Waals surface area contributed by atoms with Crippen LogP contribution in [0.3, 0.4) is 0 Å². The molecule has 0 aromatic carbocycles. The van der Waals surface area contributed by atoms with Crippen LogP contribution in [0.5, 0.6) is 0 Å². The predicted molar refractivity (Wildman–Crippen MR) is 58.3 cm³/mol. The van der Waals surface area contributed by atoms with Crippen molar-refractivity contribution in [2.75, 3.05) is 13.4 Å². The van der Waals surface area contributed by atoms with E-state index < -0.39 is 22.2 Å². The van der Waals surface area contributed by atoms with Gasteiger partial charge in [-0.1, -0.05) is 19.3 Å². The molecular weight excluding hydrogens is 232 g/mol. The summed E-state index contributed by atoms with van der Waals surface area (Å²) in [5.74, 6) is -0.645. The Balaban J connectivity index is 2.73. The number of ether oxygens (including phenoxy) is 1. The maximum atomic E-state index is 11.5. The molecule has 1 aliphatic rings. The van der Waals surface area contributed by atoms with Gasteiger partial charge in [0.25, 0.3) is 10.1 Å². The van der Waals surface area contributed by atoms with Gasteiger partial charge in [-0.25, -0.2) is 4.79 Å². The van der Waals surface area contributed by atoms with Crippen LogP contribution in [0, 0.1) is 5.92 Å². The molecule has 0 heterocycles. The zero-order chi connectivity index (χ0) is 12.2. The fourth-order valence-corrected chi connectivity index (χ4v) is 2.66. The van der Waals surface area contributed by atoms with Crippen LogP contribution in [-0.2, 0) is 23.8 Å². The highest BCUT2D eigenvalue weighted by Gasteiger charge is 2.34. The lowest BCUT2D eigenvalue weighted by atomic mass is 9.85. The van der Waals surface area contributed by atoms with Gasteiger partial charge in [-0.15, -0.1) is 0 Å². The molecule has 0 bridgehead atoms. The highest BCUT2D eigenvalue weighted by molar-refractivity contribution is 7.86. The van der Waals surface area contributed by atoms with Crippen molar-refractivity contribution in [3.8, 4) is 0 Å². The predicted octanol–water partition coefficient (Wildman–Crippen LogP) is 1.08. The quantitative estimate of drug-likeness (QED) is 0.551. The Morgan fingerprint density at radius 1 is 1.25 bits per heavy atom. The zero-order valence-electron chi connectivity index (χ0n) is 9.64. The highest BCUT2D eigenvalue weighted by Crippen LogP contribution is 2.29.